The molecule has 3 aromatic rings. The maximum atomic E-state index is 12.9. The summed E-state index contributed by atoms with van der Waals surface area (Å²) in [6.45, 7) is 4.16. The van der Waals surface area contributed by atoms with Crippen LogP contribution >= 0.6 is 0 Å². The number of H-pyrrole nitrogens is 1. The predicted octanol–water partition coefficient (Wildman–Crippen LogP) is 1.19. The standard InChI is InChI=1S/C19H26N6O6S2/c1-6-8-14-15-16(24(3)23-14)18(26)22-17(21-15)13-10-12(11-20-19(13)31-9-7-2)25(32(4,27)28)33(5,29)30/h10-11H,6-9H2,1-5H3,(H,21,22,26). The highest BCUT2D eigenvalue weighted by molar-refractivity contribution is 8.09. The molecule has 1 N–H and O–H groups in total. The number of hydrogen-bond donors (Lipinski definition) is 1. The number of nitrogens with zero attached hydrogens (tertiary/aromatic N) is 5. The third-order valence-corrected chi connectivity index (χ3v) is 7.85. The average Bonchev–Trinajstić information content (AvgIpc) is 3.01. The molecule has 12 nitrogen and oxygen atoms in total. The molecule has 33 heavy (non-hydrogen) atoms. The Hall–Kier alpha value is -3.00. The van der Waals surface area contributed by atoms with Crippen LogP contribution in [0.1, 0.15) is 32.4 Å². The Kier molecular flexibility index (Phi) is 6.79. The molecule has 0 radical (unpaired) electrons. The van der Waals surface area contributed by atoms with Crippen molar-refractivity contribution in [1.29, 1.82) is 0 Å². The minimum absolute atomic E-state index is 0.0558. The normalized spacial score (nSPS) is 12.3. The molecule has 14 heteroatoms. The Labute approximate surface area is 191 Å². The van der Waals surface area contributed by atoms with E-state index in [4.69, 9.17) is 4.74 Å². The van der Waals surface area contributed by atoms with Crippen molar-refractivity contribution >= 4 is 36.8 Å². The molecule has 0 saturated heterocycles. The molecule has 0 aromatic carbocycles. The molecule has 3 heterocycles. The summed E-state index contributed by atoms with van der Waals surface area (Å²) in [6.07, 6.45) is 4.67. The average molecular weight is 499 g/mol. The van der Waals surface area contributed by atoms with Crippen molar-refractivity contribution in [1.82, 2.24) is 24.7 Å². The summed E-state index contributed by atoms with van der Waals surface area (Å²) in [5, 5.41) is 4.38. The number of rotatable bonds is 9. The minimum Gasteiger partial charge on any atom is -0.477 e. The molecule has 3 rings (SSSR count). The molecule has 0 aliphatic carbocycles. The molecule has 0 aliphatic heterocycles. The Morgan fingerprint density at radius 3 is 2.36 bits per heavy atom. The lowest BCUT2D eigenvalue weighted by atomic mass is 10.2. The molecule has 3 aromatic heterocycles. The van der Waals surface area contributed by atoms with E-state index < -0.39 is 25.6 Å². The van der Waals surface area contributed by atoms with Gasteiger partial charge in [0.25, 0.3) is 5.56 Å². The number of pyridine rings is 1. The second-order valence-corrected chi connectivity index (χ2v) is 11.4. The van der Waals surface area contributed by atoms with E-state index in [1.54, 1.807) is 7.05 Å². The van der Waals surface area contributed by atoms with Gasteiger partial charge in [0, 0.05) is 7.05 Å². The fourth-order valence-electron chi connectivity index (χ4n) is 3.43. The summed E-state index contributed by atoms with van der Waals surface area (Å²) in [6, 6.07) is 1.26. The topological polar surface area (TPSA) is 157 Å². The molecule has 0 atom stereocenters. The van der Waals surface area contributed by atoms with Crippen LogP contribution in [0.4, 0.5) is 5.69 Å². The third-order valence-electron chi connectivity index (χ3n) is 4.60. The van der Waals surface area contributed by atoms with Gasteiger partial charge >= 0.3 is 0 Å². The van der Waals surface area contributed by atoms with Crippen molar-refractivity contribution in [3.63, 3.8) is 0 Å². The second-order valence-electron chi connectivity index (χ2n) is 7.55. The number of ether oxygens (including phenoxy) is 1. The lowest BCUT2D eigenvalue weighted by Crippen LogP contribution is -2.35. The van der Waals surface area contributed by atoms with Gasteiger partial charge in [0.1, 0.15) is 11.3 Å². The molecule has 0 bridgehead atoms. The highest BCUT2D eigenvalue weighted by Gasteiger charge is 2.29. The Morgan fingerprint density at radius 2 is 1.79 bits per heavy atom. The van der Waals surface area contributed by atoms with Crippen molar-refractivity contribution < 1.29 is 21.6 Å². The summed E-state index contributed by atoms with van der Waals surface area (Å²) >= 11 is 0. The van der Waals surface area contributed by atoms with E-state index in [9.17, 15) is 21.6 Å². The first-order chi connectivity index (χ1) is 15.4. The van der Waals surface area contributed by atoms with Crippen LogP contribution in [0, 0.1) is 0 Å². The minimum atomic E-state index is -4.20. The first kappa shape index (κ1) is 24.6. The summed E-state index contributed by atoms with van der Waals surface area (Å²) in [5.41, 5.74) is 0.771. The fourth-order valence-corrected chi connectivity index (χ4v) is 6.37. The van der Waals surface area contributed by atoms with Crippen molar-refractivity contribution in [2.45, 2.75) is 33.1 Å². The number of fused-ring (bicyclic) bond motifs is 1. The van der Waals surface area contributed by atoms with Gasteiger partial charge in [-0.05, 0) is 18.9 Å². The molecular formula is C19H26N6O6S2. The maximum absolute atomic E-state index is 12.9. The van der Waals surface area contributed by atoms with Crippen LogP contribution < -0.4 is 14.0 Å². The largest absolute Gasteiger partial charge is 0.477 e. The van der Waals surface area contributed by atoms with Crippen LogP contribution in [0.5, 0.6) is 5.88 Å². The van der Waals surface area contributed by atoms with Gasteiger partial charge in [0.05, 0.1) is 42.3 Å². The van der Waals surface area contributed by atoms with Gasteiger partial charge in [-0.15, -0.1) is 0 Å². The number of nitrogens with one attached hydrogen (secondary N) is 1. The van der Waals surface area contributed by atoms with Gasteiger partial charge in [0.15, 0.2) is 5.52 Å². The lowest BCUT2D eigenvalue weighted by molar-refractivity contribution is 0.306. The van der Waals surface area contributed by atoms with E-state index in [2.05, 4.69) is 20.1 Å². The number of aromatic amines is 1. The molecular weight excluding hydrogens is 472 g/mol. The van der Waals surface area contributed by atoms with Gasteiger partial charge in [-0.25, -0.2) is 26.8 Å². The van der Waals surface area contributed by atoms with Gasteiger partial charge in [-0.3, -0.25) is 9.48 Å². The molecule has 180 valence electrons. The monoisotopic (exact) mass is 498 g/mol. The number of aryl methyl sites for hydroxylation is 2. The van der Waals surface area contributed by atoms with Crippen LogP contribution in [-0.2, 0) is 33.5 Å². The van der Waals surface area contributed by atoms with Gasteiger partial charge in [0.2, 0.25) is 25.9 Å². The smallest absolute Gasteiger partial charge is 0.277 e. The number of anilines is 1. The van der Waals surface area contributed by atoms with E-state index in [-0.39, 0.29) is 32.2 Å². The molecule has 0 unspecified atom stereocenters. The van der Waals surface area contributed by atoms with E-state index in [1.807, 2.05) is 13.8 Å². The van der Waals surface area contributed by atoms with Crippen LogP contribution in [0.3, 0.4) is 0 Å². The van der Waals surface area contributed by atoms with Gasteiger partial charge in [-0.2, -0.15) is 8.81 Å². The zero-order chi connectivity index (χ0) is 24.6. The van der Waals surface area contributed by atoms with Crippen molar-refractivity contribution in [2.24, 2.45) is 7.05 Å². The van der Waals surface area contributed by atoms with Crippen molar-refractivity contribution in [2.75, 3.05) is 22.8 Å². The predicted molar refractivity (Wildman–Crippen MR) is 124 cm³/mol. The lowest BCUT2D eigenvalue weighted by Gasteiger charge is -2.20. The van der Waals surface area contributed by atoms with E-state index in [1.165, 1.54) is 10.7 Å². The highest BCUT2D eigenvalue weighted by Crippen LogP contribution is 2.32. The maximum Gasteiger partial charge on any atom is 0.277 e. The first-order valence-corrected chi connectivity index (χ1v) is 13.9. The quantitative estimate of drug-likeness (QED) is 0.457. The van der Waals surface area contributed by atoms with Gasteiger partial charge in [-0.1, -0.05) is 20.3 Å². The van der Waals surface area contributed by atoms with Crippen LogP contribution in [0.15, 0.2) is 17.1 Å². The number of aromatic nitrogens is 5. The molecule has 0 aliphatic rings. The molecule has 0 amide bonds. The zero-order valence-electron chi connectivity index (χ0n) is 19.0. The van der Waals surface area contributed by atoms with E-state index >= 15 is 0 Å². The van der Waals surface area contributed by atoms with E-state index in [0.29, 0.717) is 30.7 Å². The number of hydrogen-bond acceptors (Lipinski definition) is 9. The van der Waals surface area contributed by atoms with Crippen LogP contribution in [0.2, 0.25) is 0 Å². The molecule has 0 saturated carbocycles. The summed E-state index contributed by atoms with van der Waals surface area (Å²) in [5.74, 6) is 0.131. The molecule has 0 spiro atoms. The summed E-state index contributed by atoms with van der Waals surface area (Å²) in [4.78, 5) is 24.2. The first-order valence-electron chi connectivity index (χ1n) is 10.2. The highest BCUT2D eigenvalue weighted by atomic mass is 32.3. The van der Waals surface area contributed by atoms with Crippen molar-refractivity contribution in [3.8, 4) is 17.3 Å². The van der Waals surface area contributed by atoms with E-state index in [0.717, 1.165) is 25.1 Å². The Morgan fingerprint density at radius 1 is 1.12 bits per heavy atom. The fraction of sp³-hybridized carbons (Fsp3) is 0.474. The van der Waals surface area contributed by atoms with Crippen LogP contribution in [-0.4, -0.2) is 60.7 Å². The third kappa shape index (κ3) is 5.00. The van der Waals surface area contributed by atoms with Crippen molar-refractivity contribution in [3.05, 3.63) is 28.3 Å². The number of sulfonamides is 2. The Bertz CT molecular complexity index is 1430. The summed E-state index contributed by atoms with van der Waals surface area (Å²) < 4.78 is 56.3. The molecule has 0 fully saturated rings. The SMILES string of the molecule is CCCOc1ncc(N(S(C)(=O)=O)S(C)(=O)=O)cc1-c1nc2c(CCC)nn(C)c2c(=O)[nH]1. The van der Waals surface area contributed by atoms with Gasteiger partial charge < -0.3 is 9.72 Å². The summed E-state index contributed by atoms with van der Waals surface area (Å²) in [7, 11) is -6.75. The second kappa shape index (κ2) is 9.09. The Balaban J connectivity index is 2.32. The zero-order valence-corrected chi connectivity index (χ0v) is 20.6. The van der Waals surface area contributed by atoms with Crippen LogP contribution in [0.25, 0.3) is 22.4 Å².